The summed E-state index contributed by atoms with van der Waals surface area (Å²) < 4.78 is 0. The van der Waals surface area contributed by atoms with E-state index in [2.05, 4.69) is 25.9 Å². The molecular weight excluding hydrogens is 448 g/mol. The lowest BCUT2D eigenvalue weighted by Gasteiger charge is -2.23. The van der Waals surface area contributed by atoms with Crippen LogP contribution in [0.3, 0.4) is 0 Å². The maximum absolute atomic E-state index is 12.9. The van der Waals surface area contributed by atoms with Crippen LogP contribution < -0.4 is 33.2 Å². The van der Waals surface area contributed by atoms with E-state index in [4.69, 9.17) is 17.2 Å². The van der Waals surface area contributed by atoms with Crippen LogP contribution in [-0.2, 0) is 30.4 Å². The number of primary amides is 1. The summed E-state index contributed by atoms with van der Waals surface area (Å²) in [6.07, 6.45) is 4.08. The van der Waals surface area contributed by atoms with Crippen molar-refractivity contribution in [2.24, 2.45) is 17.2 Å². The largest absolute Gasteiger partial charge is 0.480 e. The van der Waals surface area contributed by atoms with Gasteiger partial charge in [-0.15, -0.1) is 0 Å². The monoisotopic (exact) mass is 482 g/mol. The number of nitrogens with two attached hydrogens (primary N) is 3. The van der Waals surface area contributed by atoms with Crippen molar-refractivity contribution in [1.29, 1.82) is 0 Å². The SMILES string of the molecule is CC(NC(=O)C(N)CCC(N)=O)C(=O)NC(Cc1cnc[nH]1)C(=O)NC(CCCCN)C(=O)O. The van der Waals surface area contributed by atoms with E-state index in [-0.39, 0.29) is 25.7 Å². The molecule has 0 saturated heterocycles. The molecule has 4 amide bonds. The van der Waals surface area contributed by atoms with Crippen LogP contribution in [0.25, 0.3) is 0 Å². The quantitative estimate of drug-likeness (QED) is 0.113. The van der Waals surface area contributed by atoms with E-state index in [1.165, 1.54) is 19.4 Å². The number of imidazole rings is 1. The topological polar surface area (TPSA) is 248 Å². The Balaban J connectivity index is 2.82. The van der Waals surface area contributed by atoms with Gasteiger partial charge in [-0.25, -0.2) is 9.78 Å². The molecule has 0 radical (unpaired) electrons. The molecule has 0 fully saturated rings. The molecule has 0 aliphatic carbocycles. The number of nitrogens with zero attached hydrogens (tertiary/aromatic N) is 1. The van der Waals surface area contributed by atoms with Crippen molar-refractivity contribution < 1.29 is 29.1 Å². The molecule has 1 rings (SSSR count). The fourth-order valence-electron chi connectivity index (χ4n) is 2.96. The van der Waals surface area contributed by atoms with Gasteiger partial charge in [0.15, 0.2) is 0 Å². The molecule has 0 aliphatic heterocycles. The second-order valence-corrected chi connectivity index (χ2v) is 7.87. The number of H-pyrrole nitrogens is 1. The predicted octanol–water partition coefficient (Wildman–Crippen LogP) is -2.77. The van der Waals surface area contributed by atoms with Gasteiger partial charge in [-0.3, -0.25) is 19.2 Å². The lowest BCUT2D eigenvalue weighted by Crippen LogP contribution is -2.57. The van der Waals surface area contributed by atoms with E-state index in [0.717, 1.165) is 0 Å². The number of nitrogens with one attached hydrogen (secondary N) is 4. The first-order chi connectivity index (χ1) is 16.0. The Morgan fingerprint density at radius 3 is 2.26 bits per heavy atom. The number of hydrogen-bond donors (Lipinski definition) is 8. The van der Waals surface area contributed by atoms with Gasteiger partial charge in [0.1, 0.15) is 18.1 Å². The number of aromatic nitrogens is 2. The van der Waals surface area contributed by atoms with Crippen molar-refractivity contribution in [2.75, 3.05) is 6.54 Å². The minimum Gasteiger partial charge on any atom is -0.480 e. The Kier molecular flexibility index (Phi) is 12.2. The number of carbonyl (C=O) groups excluding carboxylic acids is 4. The fraction of sp³-hybridized carbons (Fsp3) is 0.600. The Bertz CT molecular complexity index is 831. The standard InChI is InChI=1S/C20H34N8O6/c1-11(26-18(31)13(22)5-6-16(23)29)17(30)28-15(8-12-9-24-10-25-12)19(32)27-14(20(33)34)4-2-3-7-21/h9-11,13-15H,2-8,21-22H2,1H3,(H2,23,29)(H,24,25)(H,26,31)(H,27,32)(H,28,30)(H,33,34). The number of aliphatic carboxylic acids is 1. The first-order valence-corrected chi connectivity index (χ1v) is 10.9. The summed E-state index contributed by atoms with van der Waals surface area (Å²) in [4.78, 5) is 66.8. The van der Waals surface area contributed by atoms with Gasteiger partial charge in [0.25, 0.3) is 0 Å². The third-order valence-electron chi connectivity index (χ3n) is 4.96. The molecular formula is C20H34N8O6. The van der Waals surface area contributed by atoms with Crippen molar-refractivity contribution in [3.8, 4) is 0 Å². The van der Waals surface area contributed by atoms with Gasteiger partial charge in [-0.2, -0.15) is 0 Å². The third-order valence-corrected chi connectivity index (χ3v) is 4.96. The van der Waals surface area contributed by atoms with Crippen molar-refractivity contribution >= 4 is 29.6 Å². The van der Waals surface area contributed by atoms with Crippen molar-refractivity contribution in [3.63, 3.8) is 0 Å². The Morgan fingerprint density at radius 2 is 1.71 bits per heavy atom. The van der Waals surface area contributed by atoms with E-state index >= 15 is 0 Å². The molecule has 0 saturated carbocycles. The molecule has 4 unspecified atom stereocenters. The molecule has 1 heterocycles. The Morgan fingerprint density at radius 1 is 1.03 bits per heavy atom. The van der Waals surface area contributed by atoms with Crippen LogP contribution in [0.4, 0.5) is 0 Å². The zero-order chi connectivity index (χ0) is 25.7. The average molecular weight is 483 g/mol. The lowest BCUT2D eigenvalue weighted by molar-refractivity contribution is -0.142. The lowest BCUT2D eigenvalue weighted by atomic mass is 10.1. The summed E-state index contributed by atoms with van der Waals surface area (Å²) in [5, 5.41) is 16.8. The number of carboxylic acids is 1. The highest BCUT2D eigenvalue weighted by molar-refractivity contribution is 5.94. The van der Waals surface area contributed by atoms with Crippen LogP contribution in [0.5, 0.6) is 0 Å². The summed E-state index contributed by atoms with van der Waals surface area (Å²) in [7, 11) is 0. The van der Waals surface area contributed by atoms with Crippen molar-refractivity contribution in [2.45, 2.75) is 69.6 Å². The predicted molar refractivity (Wildman–Crippen MR) is 121 cm³/mol. The molecule has 4 atom stereocenters. The highest BCUT2D eigenvalue weighted by atomic mass is 16.4. The van der Waals surface area contributed by atoms with Crippen LogP contribution in [0.1, 0.15) is 44.7 Å². The smallest absolute Gasteiger partial charge is 0.326 e. The van der Waals surface area contributed by atoms with E-state index in [1.807, 2.05) is 0 Å². The van der Waals surface area contributed by atoms with E-state index in [9.17, 15) is 29.1 Å². The minimum atomic E-state index is -1.21. The van der Waals surface area contributed by atoms with Gasteiger partial charge < -0.3 is 43.2 Å². The second-order valence-electron chi connectivity index (χ2n) is 7.87. The normalized spacial score (nSPS) is 14.3. The summed E-state index contributed by atoms with van der Waals surface area (Å²) in [5.74, 6) is -3.87. The Labute approximate surface area is 196 Å². The third kappa shape index (κ3) is 10.4. The Hall–Kier alpha value is -3.52. The molecule has 14 heteroatoms. The molecule has 1 aromatic heterocycles. The van der Waals surface area contributed by atoms with Gasteiger partial charge >= 0.3 is 5.97 Å². The van der Waals surface area contributed by atoms with Gasteiger partial charge in [-0.1, -0.05) is 0 Å². The number of amides is 4. The molecule has 0 bridgehead atoms. The summed E-state index contributed by atoms with van der Waals surface area (Å²) in [6, 6.07) is -4.41. The van der Waals surface area contributed by atoms with E-state index < -0.39 is 53.8 Å². The highest BCUT2D eigenvalue weighted by Crippen LogP contribution is 2.05. The molecule has 11 N–H and O–H groups in total. The number of carboxylic acid groups (broad SMARTS) is 1. The fourth-order valence-corrected chi connectivity index (χ4v) is 2.96. The van der Waals surface area contributed by atoms with Crippen LogP contribution in [-0.4, -0.2) is 75.4 Å². The van der Waals surface area contributed by atoms with Crippen LogP contribution in [0.15, 0.2) is 12.5 Å². The van der Waals surface area contributed by atoms with Crippen LogP contribution in [0.2, 0.25) is 0 Å². The molecule has 1 aromatic rings. The number of aromatic amines is 1. The van der Waals surface area contributed by atoms with Gasteiger partial charge in [0, 0.05) is 24.7 Å². The molecule has 0 aliphatic rings. The van der Waals surface area contributed by atoms with E-state index in [0.29, 0.717) is 25.1 Å². The van der Waals surface area contributed by atoms with Crippen LogP contribution in [0, 0.1) is 0 Å². The van der Waals surface area contributed by atoms with Gasteiger partial charge in [0.05, 0.1) is 12.4 Å². The highest BCUT2D eigenvalue weighted by Gasteiger charge is 2.29. The minimum absolute atomic E-state index is 0.00546. The van der Waals surface area contributed by atoms with Crippen molar-refractivity contribution in [3.05, 3.63) is 18.2 Å². The zero-order valence-electron chi connectivity index (χ0n) is 19.1. The van der Waals surface area contributed by atoms with Gasteiger partial charge in [0.2, 0.25) is 23.6 Å². The summed E-state index contributed by atoms with van der Waals surface area (Å²) in [6.45, 7) is 1.79. The molecule has 0 aromatic carbocycles. The van der Waals surface area contributed by atoms with Crippen molar-refractivity contribution in [1.82, 2.24) is 25.9 Å². The van der Waals surface area contributed by atoms with E-state index in [1.54, 1.807) is 0 Å². The zero-order valence-corrected chi connectivity index (χ0v) is 19.1. The summed E-state index contributed by atoms with van der Waals surface area (Å²) in [5.41, 5.74) is 16.7. The molecule has 14 nitrogen and oxygen atoms in total. The number of unbranched alkanes of at least 4 members (excludes halogenated alkanes) is 1. The average Bonchev–Trinajstić information content (AvgIpc) is 3.29. The maximum Gasteiger partial charge on any atom is 0.326 e. The maximum atomic E-state index is 12.9. The van der Waals surface area contributed by atoms with Gasteiger partial charge in [-0.05, 0) is 39.2 Å². The first-order valence-electron chi connectivity index (χ1n) is 10.9. The number of rotatable bonds is 16. The number of carbonyl (C=O) groups is 5. The van der Waals surface area contributed by atoms with Crippen LogP contribution >= 0.6 is 0 Å². The molecule has 34 heavy (non-hydrogen) atoms. The first kappa shape index (κ1) is 28.5. The molecule has 190 valence electrons. The second kappa shape index (κ2) is 14.6. The molecule has 0 spiro atoms. The summed E-state index contributed by atoms with van der Waals surface area (Å²) >= 11 is 0. The number of hydrogen-bond acceptors (Lipinski definition) is 8.